The Balaban J connectivity index is 2.09. The fourth-order valence-electron chi connectivity index (χ4n) is 2.18. The molecule has 1 aliphatic heterocycles. The van der Waals surface area contributed by atoms with Crippen LogP contribution in [-0.2, 0) is 0 Å². The van der Waals surface area contributed by atoms with Crippen LogP contribution in [0.25, 0.3) is 0 Å². The fraction of sp³-hybridized carbons (Fsp3) is 0.500. The Morgan fingerprint density at radius 2 is 2.05 bits per heavy atom. The SMILES string of the molecule is CC(C)(C)C1=CCN(c2ccc(C(N)=O)nn2)CC1. The lowest BCUT2D eigenvalue weighted by atomic mass is 9.83. The third-order valence-electron chi connectivity index (χ3n) is 3.40. The molecule has 0 unspecified atom stereocenters. The van der Waals surface area contributed by atoms with Crippen LogP contribution in [-0.4, -0.2) is 29.2 Å². The molecule has 2 rings (SSSR count). The maximum Gasteiger partial charge on any atom is 0.269 e. The van der Waals surface area contributed by atoms with Crippen LogP contribution in [0.2, 0.25) is 0 Å². The third kappa shape index (κ3) is 3.10. The number of nitrogens with two attached hydrogens (primary N) is 1. The van der Waals surface area contributed by atoms with Gasteiger partial charge in [0.2, 0.25) is 0 Å². The van der Waals surface area contributed by atoms with Crippen LogP contribution in [0.1, 0.15) is 37.7 Å². The molecule has 0 bridgehead atoms. The van der Waals surface area contributed by atoms with E-state index in [0.29, 0.717) is 0 Å². The first kappa shape index (κ1) is 13.5. The molecule has 5 heteroatoms. The van der Waals surface area contributed by atoms with Crippen molar-refractivity contribution >= 4 is 11.7 Å². The van der Waals surface area contributed by atoms with Crippen LogP contribution in [0.15, 0.2) is 23.8 Å². The molecule has 5 nitrogen and oxygen atoms in total. The number of nitrogens with zero attached hydrogens (tertiary/aromatic N) is 3. The largest absolute Gasteiger partial charge is 0.364 e. The van der Waals surface area contributed by atoms with Crippen molar-refractivity contribution in [1.29, 1.82) is 0 Å². The van der Waals surface area contributed by atoms with Crippen LogP contribution in [0.4, 0.5) is 5.82 Å². The lowest BCUT2D eigenvalue weighted by molar-refractivity contribution is 0.0994. The normalized spacial score (nSPS) is 16.2. The fourth-order valence-corrected chi connectivity index (χ4v) is 2.18. The van der Waals surface area contributed by atoms with Crippen molar-refractivity contribution in [2.24, 2.45) is 11.1 Å². The van der Waals surface area contributed by atoms with E-state index in [1.54, 1.807) is 12.1 Å². The summed E-state index contributed by atoms with van der Waals surface area (Å²) in [6.07, 6.45) is 3.29. The van der Waals surface area contributed by atoms with E-state index in [-0.39, 0.29) is 11.1 Å². The van der Waals surface area contributed by atoms with E-state index >= 15 is 0 Å². The third-order valence-corrected chi connectivity index (χ3v) is 3.40. The van der Waals surface area contributed by atoms with Gasteiger partial charge in [-0.1, -0.05) is 32.4 Å². The van der Waals surface area contributed by atoms with E-state index in [4.69, 9.17) is 5.73 Å². The molecular formula is C14H20N4O. The molecule has 2 heterocycles. The molecule has 0 aromatic carbocycles. The molecule has 0 spiro atoms. The number of hydrogen-bond donors (Lipinski definition) is 1. The summed E-state index contributed by atoms with van der Waals surface area (Å²) in [5.41, 5.74) is 7.05. The van der Waals surface area contributed by atoms with E-state index < -0.39 is 5.91 Å². The Kier molecular flexibility index (Phi) is 3.55. The summed E-state index contributed by atoms with van der Waals surface area (Å²) in [6.45, 7) is 8.45. The first-order valence-electron chi connectivity index (χ1n) is 6.46. The molecule has 19 heavy (non-hydrogen) atoms. The Bertz CT molecular complexity index is 499. The molecule has 0 saturated carbocycles. The van der Waals surface area contributed by atoms with Crippen molar-refractivity contribution < 1.29 is 4.79 Å². The van der Waals surface area contributed by atoms with Gasteiger partial charge >= 0.3 is 0 Å². The number of aromatic nitrogens is 2. The molecule has 0 saturated heterocycles. The molecule has 1 aromatic rings. The van der Waals surface area contributed by atoms with Crippen molar-refractivity contribution in [2.45, 2.75) is 27.2 Å². The molecular weight excluding hydrogens is 240 g/mol. The highest BCUT2D eigenvalue weighted by atomic mass is 16.1. The van der Waals surface area contributed by atoms with Gasteiger partial charge in [0, 0.05) is 13.1 Å². The molecule has 2 N–H and O–H groups in total. The molecule has 0 fully saturated rings. The van der Waals surface area contributed by atoms with E-state index in [1.807, 2.05) is 0 Å². The molecule has 0 aliphatic carbocycles. The Hall–Kier alpha value is -1.91. The zero-order valence-corrected chi connectivity index (χ0v) is 11.7. The highest BCUT2D eigenvalue weighted by Gasteiger charge is 2.22. The van der Waals surface area contributed by atoms with Crippen molar-refractivity contribution in [2.75, 3.05) is 18.0 Å². The van der Waals surface area contributed by atoms with Crippen molar-refractivity contribution in [3.8, 4) is 0 Å². The number of amides is 1. The van der Waals surface area contributed by atoms with Gasteiger partial charge in [0.15, 0.2) is 11.5 Å². The highest BCUT2D eigenvalue weighted by Crippen LogP contribution is 2.30. The van der Waals surface area contributed by atoms with Gasteiger partial charge in [0.25, 0.3) is 5.91 Å². The zero-order valence-electron chi connectivity index (χ0n) is 11.7. The minimum Gasteiger partial charge on any atom is -0.364 e. The predicted octanol–water partition coefficient (Wildman–Crippen LogP) is 1.76. The van der Waals surface area contributed by atoms with Crippen molar-refractivity contribution in [3.63, 3.8) is 0 Å². The standard InChI is InChI=1S/C14H20N4O/c1-14(2,3)10-6-8-18(9-7-10)12-5-4-11(13(15)19)16-17-12/h4-6H,7-9H2,1-3H3,(H2,15,19). The summed E-state index contributed by atoms with van der Waals surface area (Å²) < 4.78 is 0. The lowest BCUT2D eigenvalue weighted by Gasteiger charge is -2.32. The minimum atomic E-state index is -0.549. The van der Waals surface area contributed by atoms with Crippen LogP contribution < -0.4 is 10.6 Å². The number of carbonyl (C=O) groups excluding carboxylic acids is 1. The van der Waals surface area contributed by atoms with Crippen LogP contribution in [0.5, 0.6) is 0 Å². The topological polar surface area (TPSA) is 72.1 Å². The summed E-state index contributed by atoms with van der Waals surface area (Å²) in [5.74, 6) is 0.238. The minimum absolute atomic E-state index is 0.201. The van der Waals surface area contributed by atoms with Gasteiger partial charge < -0.3 is 10.6 Å². The summed E-state index contributed by atoms with van der Waals surface area (Å²) >= 11 is 0. The molecule has 0 atom stereocenters. The number of hydrogen-bond acceptors (Lipinski definition) is 4. The van der Waals surface area contributed by atoms with Gasteiger partial charge in [-0.05, 0) is 24.0 Å². The Morgan fingerprint density at radius 1 is 1.32 bits per heavy atom. The molecule has 102 valence electrons. The average molecular weight is 260 g/mol. The van der Waals surface area contributed by atoms with E-state index in [0.717, 1.165) is 25.3 Å². The molecule has 0 radical (unpaired) electrons. The highest BCUT2D eigenvalue weighted by molar-refractivity contribution is 5.90. The second kappa shape index (κ2) is 4.99. The number of anilines is 1. The monoisotopic (exact) mass is 260 g/mol. The second-order valence-electron chi connectivity index (χ2n) is 5.82. The van der Waals surface area contributed by atoms with Gasteiger partial charge in [-0.3, -0.25) is 4.79 Å². The van der Waals surface area contributed by atoms with E-state index in [9.17, 15) is 4.79 Å². The predicted molar refractivity (Wildman–Crippen MR) is 74.9 cm³/mol. The van der Waals surface area contributed by atoms with Gasteiger partial charge in [-0.25, -0.2) is 0 Å². The van der Waals surface area contributed by atoms with Crippen LogP contribution in [0.3, 0.4) is 0 Å². The molecule has 1 aromatic heterocycles. The summed E-state index contributed by atoms with van der Waals surface area (Å²) in [7, 11) is 0. The summed E-state index contributed by atoms with van der Waals surface area (Å²) in [4.78, 5) is 13.1. The quantitative estimate of drug-likeness (QED) is 0.822. The first-order valence-corrected chi connectivity index (χ1v) is 6.46. The van der Waals surface area contributed by atoms with E-state index in [1.165, 1.54) is 5.57 Å². The van der Waals surface area contributed by atoms with Crippen LogP contribution in [0, 0.1) is 5.41 Å². The number of carbonyl (C=O) groups is 1. The molecule has 1 amide bonds. The zero-order chi connectivity index (χ0) is 14.0. The number of primary amides is 1. The Morgan fingerprint density at radius 3 is 2.47 bits per heavy atom. The van der Waals surface area contributed by atoms with Crippen molar-refractivity contribution in [1.82, 2.24) is 10.2 Å². The van der Waals surface area contributed by atoms with Gasteiger partial charge in [-0.2, -0.15) is 0 Å². The molecule has 1 aliphatic rings. The summed E-state index contributed by atoms with van der Waals surface area (Å²) in [6, 6.07) is 3.41. The smallest absolute Gasteiger partial charge is 0.269 e. The lowest BCUT2D eigenvalue weighted by Crippen LogP contribution is -2.32. The van der Waals surface area contributed by atoms with Crippen LogP contribution >= 0.6 is 0 Å². The first-order chi connectivity index (χ1) is 8.88. The summed E-state index contributed by atoms with van der Waals surface area (Å²) in [5, 5.41) is 7.89. The van der Waals surface area contributed by atoms with Gasteiger partial charge in [0.1, 0.15) is 0 Å². The van der Waals surface area contributed by atoms with Gasteiger partial charge in [-0.15, -0.1) is 10.2 Å². The number of rotatable bonds is 2. The van der Waals surface area contributed by atoms with Crippen molar-refractivity contribution in [3.05, 3.63) is 29.5 Å². The maximum absolute atomic E-state index is 10.9. The Labute approximate surface area is 113 Å². The second-order valence-corrected chi connectivity index (χ2v) is 5.82. The van der Waals surface area contributed by atoms with Gasteiger partial charge in [0.05, 0.1) is 0 Å². The maximum atomic E-state index is 10.9. The average Bonchev–Trinajstić information content (AvgIpc) is 2.38. The van der Waals surface area contributed by atoms with E-state index in [2.05, 4.69) is 41.9 Å².